The molecule has 1 aliphatic rings. The topological polar surface area (TPSA) is 86.5 Å². The minimum absolute atomic E-state index is 0.0540. The lowest BCUT2D eigenvalue weighted by Crippen LogP contribution is -2.29. The van der Waals surface area contributed by atoms with Crippen molar-refractivity contribution in [2.24, 2.45) is 0 Å². The second-order valence-electron chi connectivity index (χ2n) is 6.27. The number of nitrogens with zero attached hydrogens (tertiary/aromatic N) is 2. The van der Waals surface area contributed by atoms with Crippen molar-refractivity contribution in [2.45, 2.75) is 46.3 Å². The molecule has 1 amide bonds. The minimum Gasteiger partial charge on any atom is -0.483 e. The van der Waals surface area contributed by atoms with Crippen LogP contribution in [0, 0.1) is 20.8 Å². The molecule has 134 valence electrons. The first-order valence-electron chi connectivity index (χ1n) is 8.45. The molecule has 3 rings (SSSR count). The van der Waals surface area contributed by atoms with Crippen molar-refractivity contribution >= 4 is 5.91 Å². The molecule has 0 radical (unpaired) electrons. The summed E-state index contributed by atoms with van der Waals surface area (Å²) >= 11 is 0. The van der Waals surface area contributed by atoms with E-state index in [1.165, 1.54) is 0 Å². The molecule has 1 fully saturated rings. The van der Waals surface area contributed by atoms with Crippen LogP contribution in [0.25, 0.3) is 0 Å². The van der Waals surface area contributed by atoms with Crippen molar-refractivity contribution in [2.75, 3.05) is 13.2 Å². The lowest BCUT2D eigenvalue weighted by molar-refractivity contribution is -0.123. The fourth-order valence-electron chi connectivity index (χ4n) is 2.76. The van der Waals surface area contributed by atoms with Gasteiger partial charge >= 0.3 is 0 Å². The van der Waals surface area contributed by atoms with E-state index in [0.717, 1.165) is 35.3 Å². The number of ether oxygens (including phenoxy) is 2. The first kappa shape index (κ1) is 17.4. The van der Waals surface area contributed by atoms with Crippen molar-refractivity contribution in [3.8, 4) is 5.75 Å². The summed E-state index contributed by atoms with van der Waals surface area (Å²) < 4.78 is 16.4. The molecule has 2 aromatic rings. The molecule has 0 unspecified atom stereocenters. The van der Waals surface area contributed by atoms with E-state index in [4.69, 9.17) is 14.0 Å². The average Bonchev–Trinajstić information content (AvgIpc) is 3.27. The maximum Gasteiger partial charge on any atom is 0.258 e. The van der Waals surface area contributed by atoms with Gasteiger partial charge in [0.25, 0.3) is 11.8 Å². The number of aromatic nitrogens is 2. The molecule has 1 saturated heterocycles. The van der Waals surface area contributed by atoms with Crippen LogP contribution in [-0.2, 0) is 16.1 Å². The third kappa shape index (κ3) is 4.17. The summed E-state index contributed by atoms with van der Waals surface area (Å²) in [6.45, 7) is 6.83. The Kier molecular flexibility index (Phi) is 5.33. The summed E-state index contributed by atoms with van der Waals surface area (Å²) in [4.78, 5) is 16.3. The zero-order valence-corrected chi connectivity index (χ0v) is 14.8. The molecule has 1 N–H and O–H groups in total. The molecule has 1 atom stereocenters. The van der Waals surface area contributed by atoms with Gasteiger partial charge in [-0.3, -0.25) is 4.79 Å². The zero-order chi connectivity index (χ0) is 17.8. The molecule has 2 heterocycles. The monoisotopic (exact) mass is 345 g/mol. The van der Waals surface area contributed by atoms with Crippen LogP contribution in [0.15, 0.2) is 16.7 Å². The van der Waals surface area contributed by atoms with Crippen LogP contribution in [0.3, 0.4) is 0 Å². The molecule has 1 aromatic carbocycles. The third-order valence-corrected chi connectivity index (χ3v) is 4.35. The molecule has 0 spiro atoms. The Morgan fingerprint density at radius 1 is 1.32 bits per heavy atom. The van der Waals surface area contributed by atoms with Gasteiger partial charge in [-0.15, -0.1) is 0 Å². The van der Waals surface area contributed by atoms with E-state index in [1.54, 1.807) is 0 Å². The van der Waals surface area contributed by atoms with E-state index in [9.17, 15) is 4.79 Å². The van der Waals surface area contributed by atoms with E-state index in [0.29, 0.717) is 18.3 Å². The summed E-state index contributed by atoms with van der Waals surface area (Å²) in [6, 6.07) is 4.03. The van der Waals surface area contributed by atoms with Crippen molar-refractivity contribution in [1.29, 1.82) is 0 Å². The highest BCUT2D eigenvalue weighted by atomic mass is 16.5. The predicted molar refractivity (Wildman–Crippen MR) is 90.2 cm³/mol. The first-order valence-corrected chi connectivity index (χ1v) is 8.45. The van der Waals surface area contributed by atoms with Gasteiger partial charge in [0.05, 0.1) is 6.54 Å². The molecule has 0 saturated carbocycles. The second kappa shape index (κ2) is 7.65. The Labute approximate surface area is 146 Å². The van der Waals surface area contributed by atoms with Gasteiger partial charge in [-0.2, -0.15) is 4.98 Å². The first-order chi connectivity index (χ1) is 12.0. The van der Waals surface area contributed by atoms with E-state index in [-0.39, 0.29) is 25.2 Å². The number of rotatable bonds is 6. The Bertz CT molecular complexity index is 751. The smallest absolute Gasteiger partial charge is 0.258 e. The molecule has 1 aromatic heterocycles. The zero-order valence-electron chi connectivity index (χ0n) is 14.8. The SMILES string of the molecule is Cc1ccc(C)c(OCC(=O)NCc2noc([C@@H]3CCCO3)n2)c1C. The number of carbonyl (C=O) groups excluding carboxylic acids is 1. The highest BCUT2D eigenvalue weighted by Crippen LogP contribution is 2.27. The molecule has 7 nitrogen and oxygen atoms in total. The average molecular weight is 345 g/mol. The highest BCUT2D eigenvalue weighted by molar-refractivity contribution is 5.77. The number of benzene rings is 1. The normalized spacial score (nSPS) is 16.8. The number of aryl methyl sites for hydroxylation is 2. The number of amides is 1. The number of carbonyl (C=O) groups is 1. The van der Waals surface area contributed by atoms with E-state index in [2.05, 4.69) is 15.5 Å². The highest BCUT2D eigenvalue weighted by Gasteiger charge is 2.23. The lowest BCUT2D eigenvalue weighted by Gasteiger charge is -2.13. The number of hydrogen-bond acceptors (Lipinski definition) is 6. The maximum atomic E-state index is 12.0. The minimum atomic E-state index is -0.233. The molecule has 0 bridgehead atoms. The Hall–Kier alpha value is -2.41. The molecular weight excluding hydrogens is 322 g/mol. The number of hydrogen-bond donors (Lipinski definition) is 1. The standard InChI is InChI=1S/C18H23N3O4/c1-11-6-7-12(2)17(13(11)3)24-10-16(22)19-9-15-20-18(25-21-15)14-5-4-8-23-14/h6-7,14H,4-5,8-10H2,1-3H3,(H,19,22)/t14-/m0/s1. The van der Waals surface area contributed by atoms with Crippen molar-refractivity contribution in [3.63, 3.8) is 0 Å². The maximum absolute atomic E-state index is 12.0. The fourth-order valence-corrected chi connectivity index (χ4v) is 2.76. The van der Waals surface area contributed by atoms with E-state index in [1.807, 2.05) is 32.9 Å². The van der Waals surface area contributed by atoms with Gasteiger partial charge in [-0.1, -0.05) is 17.3 Å². The summed E-state index contributed by atoms with van der Waals surface area (Å²) in [6.07, 6.45) is 1.76. The van der Waals surface area contributed by atoms with Gasteiger partial charge in [0.15, 0.2) is 12.4 Å². The van der Waals surface area contributed by atoms with Crippen LogP contribution in [0.1, 0.15) is 47.4 Å². The van der Waals surface area contributed by atoms with Crippen LogP contribution in [0.2, 0.25) is 0 Å². The molecule has 25 heavy (non-hydrogen) atoms. The van der Waals surface area contributed by atoms with Gasteiger partial charge < -0.3 is 19.3 Å². The summed E-state index contributed by atoms with van der Waals surface area (Å²) in [5.41, 5.74) is 3.19. The Balaban J connectivity index is 1.49. The van der Waals surface area contributed by atoms with Gasteiger partial charge in [0.2, 0.25) is 0 Å². The van der Waals surface area contributed by atoms with Gasteiger partial charge in [-0.05, 0) is 50.3 Å². The van der Waals surface area contributed by atoms with Crippen LogP contribution in [0.5, 0.6) is 5.75 Å². The van der Waals surface area contributed by atoms with Crippen molar-refractivity contribution in [3.05, 3.63) is 40.5 Å². The van der Waals surface area contributed by atoms with Gasteiger partial charge in [0, 0.05) is 6.61 Å². The molecular formula is C18H23N3O4. The van der Waals surface area contributed by atoms with E-state index < -0.39 is 0 Å². The van der Waals surface area contributed by atoms with Crippen LogP contribution in [-0.4, -0.2) is 29.3 Å². The molecule has 1 aliphatic heterocycles. The predicted octanol–water partition coefficient (Wildman–Crippen LogP) is 2.54. The van der Waals surface area contributed by atoms with E-state index >= 15 is 0 Å². The lowest BCUT2D eigenvalue weighted by atomic mass is 10.1. The number of nitrogens with one attached hydrogen (secondary N) is 1. The molecule has 0 aliphatic carbocycles. The van der Waals surface area contributed by atoms with Crippen molar-refractivity contribution in [1.82, 2.24) is 15.5 Å². The summed E-state index contributed by atoms with van der Waals surface area (Å²) in [5, 5.41) is 6.61. The summed E-state index contributed by atoms with van der Waals surface area (Å²) in [5.74, 6) is 1.44. The second-order valence-corrected chi connectivity index (χ2v) is 6.27. The largest absolute Gasteiger partial charge is 0.483 e. The van der Waals surface area contributed by atoms with Gasteiger partial charge in [-0.25, -0.2) is 0 Å². The van der Waals surface area contributed by atoms with Crippen LogP contribution in [0.4, 0.5) is 0 Å². The quantitative estimate of drug-likeness (QED) is 0.866. The Morgan fingerprint density at radius 3 is 2.88 bits per heavy atom. The fraction of sp³-hybridized carbons (Fsp3) is 0.500. The third-order valence-electron chi connectivity index (χ3n) is 4.35. The van der Waals surface area contributed by atoms with Gasteiger partial charge in [0.1, 0.15) is 11.9 Å². The van der Waals surface area contributed by atoms with Crippen LogP contribution >= 0.6 is 0 Å². The van der Waals surface area contributed by atoms with Crippen molar-refractivity contribution < 1.29 is 18.8 Å². The van der Waals surface area contributed by atoms with Crippen LogP contribution < -0.4 is 10.1 Å². The molecule has 7 heteroatoms. The summed E-state index contributed by atoms with van der Waals surface area (Å²) in [7, 11) is 0. The Morgan fingerprint density at radius 2 is 2.12 bits per heavy atom.